The highest BCUT2D eigenvalue weighted by atomic mass is 79.9. The Morgan fingerprint density at radius 2 is 2.17 bits per heavy atom. The van der Waals surface area contributed by atoms with Crippen LogP contribution in [0.3, 0.4) is 0 Å². The van der Waals surface area contributed by atoms with Crippen molar-refractivity contribution >= 4 is 21.9 Å². The summed E-state index contributed by atoms with van der Waals surface area (Å²) in [6.07, 6.45) is 3.61. The molecule has 0 aromatic rings. The van der Waals surface area contributed by atoms with Gasteiger partial charge in [-0.15, -0.1) is 0 Å². The summed E-state index contributed by atoms with van der Waals surface area (Å²) in [5.74, 6) is -0.199. The van der Waals surface area contributed by atoms with E-state index in [0.717, 1.165) is 12.8 Å². The van der Waals surface area contributed by atoms with Crippen molar-refractivity contribution in [2.24, 2.45) is 0 Å². The SMILES string of the molecule is CCC=C(CBr)C(=O)OCCC. The first-order valence-corrected chi connectivity index (χ1v) is 5.30. The Hall–Kier alpha value is -0.310. The molecule has 0 N–H and O–H groups in total. The first-order valence-electron chi connectivity index (χ1n) is 4.18. The Bertz CT molecular complexity index is 164. The molecule has 0 fully saturated rings. The number of hydrogen-bond donors (Lipinski definition) is 0. The number of esters is 1. The van der Waals surface area contributed by atoms with Crippen LogP contribution in [0.4, 0.5) is 0 Å². The number of halogens is 1. The Kier molecular flexibility index (Phi) is 7.16. The number of rotatable bonds is 5. The summed E-state index contributed by atoms with van der Waals surface area (Å²) in [4.78, 5) is 11.2. The van der Waals surface area contributed by atoms with Crippen molar-refractivity contribution in [1.82, 2.24) is 0 Å². The third-order valence-electron chi connectivity index (χ3n) is 1.29. The molecule has 0 heterocycles. The second-order valence-corrected chi connectivity index (χ2v) is 2.97. The molecule has 0 atom stereocenters. The van der Waals surface area contributed by atoms with E-state index >= 15 is 0 Å². The lowest BCUT2D eigenvalue weighted by Crippen LogP contribution is -2.09. The number of allylic oxidation sites excluding steroid dienone is 1. The van der Waals surface area contributed by atoms with E-state index in [4.69, 9.17) is 4.74 Å². The van der Waals surface area contributed by atoms with Gasteiger partial charge in [-0.3, -0.25) is 0 Å². The molecule has 0 aromatic carbocycles. The Morgan fingerprint density at radius 1 is 1.50 bits per heavy atom. The van der Waals surface area contributed by atoms with Crippen molar-refractivity contribution in [2.75, 3.05) is 11.9 Å². The molecule has 0 aromatic heterocycles. The molecule has 12 heavy (non-hydrogen) atoms. The van der Waals surface area contributed by atoms with E-state index in [9.17, 15) is 4.79 Å². The van der Waals surface area contributed by atoms with Crippen molar-refractivity contribution in [3.8, 4) is 0 Å². The molecule has 0 aliphatic heterocycles. The molecule has 3 heteroatoms. The zero-order chi connectivity index (χ0) is 9.40. The van der Waals surface area contributed by atoms with Crippen LogP contribution in [0, 0.1) is 0 Å². The summed E-state index contributed by atoms with van der Waals surface area (Å²) >= 11 is 3.24. The van der Waals surface area contributed by atoms with E-state index in [1.54, 1.807) is 0 Å². The first kappa shape index (κ1) is 11.7. The molecule has 0 rings (SSSR count). The highest BCUT2D eigenvalue weighted by Gasteiger charge is 2.07. The maximum Gasteiger partial charge on any atom is 0.334 e. The molecule has 0 saturated heterocycles. The molecular formula is C9H15BrO2. The summed E-state index contributed by atoms with van der Waals surface area (Å²) in [6.45, 7) is 4.48. The average Bonchev–Trinajstić information content (AvgIpc) is 2.10. The Labute approximate surface area is 82.1 Å². The van der Waals surface area contributed by atoms with Crippen LogP contribution < -0.4 is 0 Å². The summed E-state index contributed by atoms with van der Waals surface area (Å²) in [7, 11) is 0. The quantitative estimate of drug-likeness (QED) is 0.416. The van der Waals surface area contributed by atoms with Gasteiger partial charge in [0.2, 0.25) is 0 Å². The zero-order valence-corrected chi connectivity index (χ0v) is 9.19. The van der Waals surface area contributed by atoms with E-state index in [2.05, 4.69) is 15.9 Å². The normalized spacial score (nSPS) is 11.4. The molecule has 0 bridgehead atoms. The summed E-state index contributed by atoms with van der Waals surface area (Å²) < 4.78 is 4.96. The van der Waals surface area contributed by atoms with Gasteiger partial charge in [-0.05, 0) is 12.8 Å². The predicted octanol–water partition coefficient (Wildman–Crippen LogP) is 2.67. The van der Waals surface area contributed by atoms with Crippen LogP contribution in [0.25, 0.3) is 0 Å². The lowest BCUT2D eigenvalue weighted by molar-refractivity contribution is -0.138. The maximum absolute atomic E-state index is 11.2. The minimum Gasteiger partial charge on any atom is -0.462 e. The lowest BCUT2D eigenvalue weighted by atomic mass is 10.2. The maximum atomic E-state index is 11.2. The number of hydrogen-bond acceptors (Lipinski definition) is 2. The molecule has 0 unspecified atom stereocenters. The summed E-state index contributed by atoms with van der Waals surface area (Å²) in [5.41, 5.74) is 0.714. The molecule has 0 aliphatic carbocycles. The standard InChI is InChI=1S/C9H15BrO2/c1-3-5-8(7-10)9(11)12-6-4-2/h5H,3-4,6-7H2,1-2H3. The van der Waals surface area contributed by atoms with Gasteiger partial charge in [-0.2, -0.15) is 0 Å². The van der Waals surface area contributed by atoms with E-state index in [0.29, 0.717) is 17.5 Å². The second kappa shape index (κ2) is 7.35. The molecule has 0 aliphatic rings. The van der Waals surface area contributed by atoms with Crippen LogP contribution in [0.5, 0.6) is 0 Å². The van der Waals surface area contributed by atoms with Crippen molar-refractivity contribution in [1.29, 1.82) is 0 Å². The minimum absolute atomic E-state index is 0.199. The molecule has 70 valence electrons. The van der Waals surface area contributed by atoms with Crippen molar-refractivity contribution < 1.29 is 9.53 Å². The van der Waals surface area contributed by atoms with Crippen LogP contribution >= 0.6 is 15.9 Å². The Balaban J connectivity index is 3.95. The van der Waals surface area contributed by atoms with Crippen LogP contribution in [-0.4, -0.2) is 17.9 Å². The lowest BCUT2D eigenvalue weighted by Gasteiger charge is -2.03. The van der Waals surface area contributed by atoms with Gasteiger partial charge >= 0.3 is 5.97 Å². The van der Waals surface area contributed by atoms with Crippen LogP contribution in [0.1, 0.15) is 26.7 Å². The van der Waals surface area contributed by atoms with Gasteiger partial charge in [-0.1, -0.05) is 35.9 Å². The predicted molar refractivity (Wildman–Crippen MR) is 53.4 cm³/mol. The van der Waals surface area contributed by atoms with Gasteiger partial charge in [0, 0.05) is 10.9 Å². The van der Waals surface area contributed by atoms with Crippen LogP contribution in [-0.2, 0) is 9.53 Å². The van der Waals surface area contributed by atoms with E-state index in [1.807, 2.05) is 19.9 Å². The molecule has 0 amide bonds. The van der Waals surface area contributed by atoms with Gasteiger partial charge in [-0.25, -0.2) is 4.79 Å². The van der Waals surface area contributed by atoms with Gasteiger partial charge in [0.15, 0.2) is 0 Å². The van der Waals surface area contributed by atoms with Crippen molar-refractivity contribution in [2.45, 2.75) is 26.7 Å². The third kappa shape index (κ3) is 4.54. The highest BCUT2D eigenvalue weighted by molar-refractivity contribution is 9.09. The Morgan fingerprint density at radius 3 is 2.58 bits per heavy atom. The molecule has 2 nitrogen and oxygen atoms in total. The summed E-state index contributed by atoms with van der Waals surface area (Å²) in [6, 6.07) is 0. The van der Waals surface area contributed by atoms with Crippen LogP contribution in [0.2, 0.25) is 0 Å². The fraction of sp³-hybridized carbons (Fsp3) is 0.667. The van der Waals surface area contributed by atoms with Gasteiger partial charge < -0.3 is 4.74 Å². The van der Waals surface area contributed by atoms with E-state index < -0.39 is 0 Å². The van der Waals surface area contributed by atoms with Crippen LogP contribution in [0.15, 0.2) is 11.6 Å². The highest BCUT2D eigenvalue weighted by Crippen LogP contribution is 2.04. The fourth-order valence-corrected chi connectivity index (χ4v) is 1.18. The monoisotopic (exact) mass is 234 g/mol. The van der Waals surface area contributed by atoms with Crippen molar-refractivity contribution in [3.05, 3.63) is 11.6 Å². The molecular weight excluding hydrogens is 220 g/mol. The summed E-state index contributed by atoms with van der Waals surface area (Å²) in [5, 5.41) is 0.573. The topological polar surface area (TPSA) is 26.3 Å². The smallest absolute Gasteiger partial charge is 0.334 e. The van der Waals surface area contributed by atoms with Crippen molar-refractivity contribution in [3.63, 3.8) is 0 Å². The first-order chi connectivity index (χ1) is 5.76. The molecule has 0 saturated carbocycles. The second-order valence-electron chi connectivity index (χ2n) is 2.41. The molecule has 0 spiro atoms. The minimum atomic E-state index is -0.199. The molecule has 0 radical (unpaired) electrons. The average molecular weight is 235 g/mol. The number of carbonyl (C=O) groups is 1. The van der Waals surface area contributed by atoms with Gasteiger partial charge in [0.05, 0.1) is 6.61 Å². The largest absolute Gasteiger partial charge is 0.462 e. The van der Waals surface area contributed by atoms with E-state index in [-0.39, 0.29) is 5.97 Å². The fourth-order valence-electron chi connectivity index (χ4n) is 0.726. The number of ether oxygens (including phenoxy) is 1. The number of carbonyl (C=O) groups excluding carboxylic acids is 1. The van der Waals surface area contributed by atoms with Gasteiger partial charge in [0.25, 0.3) is 0 Å². The number of alkyl halides is 1. The zero-order valence-electron chi connectivity index (χ0n) is 7.60. The third-order valence-corrected chi connectivity index (χ3v) is 1.90. The van der Waals surface area contributed by atoms with E-state index in [1.165, 1.54) is 0 Å². The van der Waals surface area contributed by atoms with Gasteiger partial charge in [0.1, 0.15) is 0 Å².